The second kappa shape index (κ2) is 4.69. The molecule has 0 heterocycles. The van der Waals surface area contributed by atoms with Gasteiger partial charge in [0.05, 0.1) is 10.2 Å². The van der Waals surface area contributed by atoms with Gasteiger partial charge >= 0.3 is 0 Å². The first-order chi connectivity index (χ1) is 5.18. The fraction of sp³-hybridized carbons (Fsp3) is 0. The van der Waals surface area contributed by atoms with Crippen LogP contribution in [0, 0.1) is 0 Å². The predicted octanol–water partition coefficient (Wildman–Crippen LogP) is 0.333. The van der Waals surface area contributed by atoms with E-state index < -0.39 is 10.2 Å². The van der Waals surface area contributed by atoms with E-state index in [1.54, 1.807) is 0 Å². The maximum absolute atomic E-state index is 9.71. The molecule has 0 N–H and O–H groups in total. The maximum Gasteiger partial charge on any atom is 0.249 e. The first-order valence-electron chi connectivity index (χ1n) is 2.07. The number of carbonyl (C=O) groups excluding carboxylic acids is 3. The third-order valence-electron chi connectivity index (χ3n) is 0.515. The van der Waals surface area contributed by atoms with Crippen LogP contribution in [0.5, 0.6) is 0 Å². The quantitative estimate of drug-likeness (QED) is 0.366. The minimum absolute atomic E-state index is 1.12. The molecule has 6 nitrogen and oxygen atoms in total. The van der Waals surface area contributed by atoms with Crippen molar-refractivity contribution in [2.24, 2.45) is 13.2 Å². The van der Waals surface area contributed by atoms with Gasteiger partial charge in [-0.25, -0.2) is 14.4 Å². The van der Waals surface area contributed by atoms with Crippen molar-refractivity contribution >= 4 is 36.9 Å². The van der Waals surface area contributed by atoms with Crippen LogP contribution in [0.25, 0.3) is 0 Å². The van der Waals surface area contributed by atoms with Crippen LogP contribution in [0.1, 0.15) is 0 Å². The van der Waals surface area contributed by atoms with E-state index in [-0.39, 0.29) is 0 Å². The number of rotatable bonds is 3. The average molecular weight is 191 g/mol. The van der Waals surface area contributed by atoms with E-state index in [1.807, 2.05) is 8.44 Å². The average Bonchev–Trinajstić information content (AvgIpc) is 1.88. The van der Waals surface area contributed by atoms with Crippen molar-refractivity contribution in [3.8, 4) is 0 Å². The van der Waals surface area contributed by atoms with Crippen molar-refractivity contribution in [2.45, 2.75) is 0 Å². The lowest BCUT2D eigenvalue weighted by Gasteiger charge is -2.10. The van der Waals surface area contributed by atoms with Crippen LogP contribution in [0.15, 0.2) is 13.2 Å². The summed E-state index contributed by atoms with van der Waals surface area (Å²) in [6.45, 7) is 0. The summed E-state index contributed by atoms with van der Waals surface area (Å²) in [5.41, 5.74) is 0. The summed E-state index contributed by atoms with van der Waals surface area (Å²) in [7, 11) is -0.794. The van der Waals surface area contributed by atoms with Crippen LogP contribution in [0.4, 0.5) is 0 Å². The highest BCUT2D eigenvalue weighted by Gasteiger charge is 2.12. The number of hydrogen-bond donors (Lipinski definition) is 0. The van der Waals surface area contributed by atoms with Crippen LogP contribution >= 0.6 is 18.6 Å². The Kier molecular flexibility index (Phi) is 4.23. The van der Waals surface area contributed by atoms with Crippen molar-refractivity contribution < 1.29 is 14.4 Å². The Balaban J connectivity index is 4.94. The molecule has 0 aromatic carbocycles. The highest BCUT2D eigenvalue weighted by molar-refractivity contribution is 8.66. The molecule has 0 aliphatic heterocycles. The van der Waals surface area contributed by atoms with E-state index in [4.69, 9.17) is 0 Å². The van der Waals surface area contributed by atoms with E-state index in [0.29, 0.717) is 0 Å². The van der Waals surface area contributed by atoms with Crippen LogP contribution in [0.2, 0.25) is 0 Å². The third-order valence-corrected chi connectivity index (χ3v) is 2.49. The summed E-state index contributed by atoms with van der Waals surface area (Å²) in [4.78, 5) is 29.1. The maximum atomic E-state index is 9.71. The molecule has 0 rings (SSSR count). The molecule has 0 aromatic rings. The fourth-order valence-corrected chi connectivity index (χ4v) is 1.06. The molecule has 0 aliphatic carbocycles. The van der Waals surface area contributed by atoms with Crippen molar-refractivity contribution in [1.29, 1.82) is 0 Å². The zero-order valence-corrected chi connectivity index (χ0v) is 7.02. The molecule has 1 unspecified atom stereocenters. The Morgan fingerprint density at radius 3 is 1.36 bits per heavy atom. The van der Waals surface area contributed by atoms with Gasteiger partial charge in [-0.2, -0.15) is 0 Å². The van der Waals surface area contributed by atoms with Gasteiger partial charge < -0.3 is 0 Å². The number of isocyanates is 3. The highest BCUT2D eigenvalue weighted by Crippen LogP contribution is 2.59. The first kappa shape index (κ1) is 9.92. The number of nitrogens with zero attached hydrogens (tertiary/aromatic N) is 3. The molecule has 0 bridgehead atoms. The summed E-state index contributed by atoms with van der Waals surface area (Å²) in [6.07, 6.45) is 3.37. The van der Waals surface area contributed by atoms with E-state index in [9.17, 15) is 14.4 Å². The minimum atomic E-state index is -2.67. The SMILES string of the molecule is O=C=NS(P)(N=C=O)N=C=O. The van der Waals surface area contributed by atoms with Crippen LogP contribution in [-0.2, 0) is 14.4 Å². The lowest BCUT2D eigenvalue weighted by molar-refractivity contribution is 0.566. The van der Waals surface area contributed by atoms with Gasteiger partial charge in [-0.05, 0) is 8.44 Å². The van der Waals surface area contributed by atoms with Gasteiger partial charge in [0.1, 0.15) is 0 Å². The summed E-state index contributed by atoms with van der Waals surface area (Å²) < 4.78 is 9.05. The fourth-order valence-electron chi connectivity index (χ4n) is 0.226. The highest BCUT2D eigenvalue weighted by atomic mass is 32.8. The molecule has 0 radical (unpaired) electrons. The summed E-state index contributed by atoms with van der Waals surface area (Å²) in [5.74, 6) is 0. The van der Waals surface area contributed by atoms with Crippen LogP contribution < -0.4 is 0 Å². The molecule has 0 fully saturated rings. The molecule has 0 spiro atoms. The molecule has 11 heavy (non-hydrogen) atoms. The molecule has 1 atom stereocenters. The Morgan fingerprint density at radius 1 is 0.909 bits per heavy atom. The van der Waals surface area contributed by atoms with Crippen molar-refractivity contribution in [1.82, 2.24) is 0 Å². The summed E-state index contributed by atoms with van der Waals surface area (Å²) in [6, 6.07) is 0. The largest absolute Gasteiger partial charge is 0.249 e. The van der Waals surface area contributed by atoms with Crippen LogP contribution in [-0.4, -0.2) is 18.2 Å². The van der Waals surface area contributed by atoms with Gasteiger partial charge in [-0.15, -0.1) is 13.2 Å². The second-order valence-electron chi connectivity index (χ2n) is 1.11. The topological polar surface area (TPSA) is 88.3 Å². The zero-order chi connectivity index (χ0) is 8.74. The Labute approximate surface area is 65.2 Å². The first-order valence-corrected chi connectivity index (χ1v) is 5.05. The third kappa shape index (κ3) is 3.58. The molecular weight excluding hydrogens is 189 g/mol. The van der Waals surface area contributed by atoms with Gasteiger partial charge in [0.15, 0.2) is 0 Å². The van der Waals surface area contributed by atoms with E-state index in [0.717, 1.165) is 18.2 Å². The van der Waals surface area contributed by atoms with E-state index >= 15 is 0 Å². The van der Waals surface area contributed by atoms with Crippen molar-refractivity contribution in [3.63, 3.8) is 0 Å². The molecule has 0 aliphatic rings. The Hall–Kier alpha value is -1.08. The predicted molar refractivity (Wildman–Crippen MR) is 41.7 cm³/mol. The molecular formula is C3H2N3O3PS. The lowest BCUT2D eigenvalue weighted by atomic mass is 11.7. The lowest BCUT2D eigenvalue weighted by Crippen LogP contribution is -1.74. The molecule has 0 saturated heterocycles. The van der Waals surface area contributed by atoms with Gasteiger partial charge in [0, 0.05) is 0 Å². The van der Waals surface area contributed by atoms with E-state index in [1.165, 1.54) is 0 Å². The Bertz CT molecular complexity index is 241. The Morgan fingerprint density at radius 2 is 1.18 bits per heavy atom. The van der Waals surface area contributed by atoms with Gasteiger partial charge in [-0.3, -0.25) is 0 Å². The standard InChI is InChI=1S/C3H2N3O3PS/c7-1-4-11(10,5-2-8)6-3-9/h10H2. The molecule has 8 heteroatoms. The summed E-state index contributed by atoms with van der Waals surface area (Å²) in [5, 5.41) is 0. The monoisotopic (exact) mass is 191 g/mol. The molecule has 0 amide bonds. The smallest absolute Gasteiger partial charge is 0.210 e. The van der Waals surface area contributed by atoms with Crippen molar-refractivity contribution in [2.75, 3.05) is 0 Å². The van der Waals surface area contributed by atoms with Gasteiger partial charge in [0.25, 0.3) is 0 Å². The van der Waals surface area contributed by atoms with Gasteiger partial charge in [-0.1, -0.05) is 0 Å². The van der Waals surface area contributed by atoms with Gasteiger partial charge in [0.2, 0.25) is 18.2 Å². The second-order valence-corrected chi connectivity index (χ2v) is 4.68. The molecule has 58 valence electrons. The van der Waals surface area contributed by atoms with Crippen molar-refractivity contribution in [3.05, 3.63) is 0 Å². The zero-order valence-electron chi connectivity index (χ0n) is 5.05. The van der Waals surface area contributed by atoms with Crippen LogP contribution in [0.3, 0.4) is 0 Å². The van der Waals surface area contributed by atoms with E-state index in [2.05, 4.69) is 13.2 Å². The summed E-state index contributed by atoms with van der Waals surface area (Å²) >= 11 is 0. The minimum Gasteiger partial charge on any atom is -0.210 e. The molecule has 0 saturated carbocycles. The molecule has 0 aromatic heterocycles. The normalized spacial score (nSPS) is 15.7. The number of hydrogen-bond acceptors (Lipinski definition) is 6.